The second-order valence-electron chi connectivity index (χ2n) is 9.41. The van der Waals surface area contributed by atoms with Crippen LogP contribution in [0.15, 0.2) is 66.7 Å². The van der Waals surface area contributed by atoms with Gasteiger partial charge in [0.25, 0.3) is 0 Å². The zero-order valence-corrected chi connectivity index (χ0v) is 20.9. The third-order valence-corrected chi connectivity index (χ3v) is 6.75. The van der Waals surface area contributed by atoms with E-state index in [1.165, 1.54) is 24.5 Å². The molecule has 188 valence electrons. The van der Waals surface area contributed by atoms with Crippen LogP contribution in [0.5, 0.6) is 11.5 Å². The topological polar surface area (TPSA) is 55.8 Å². The normalized spacial score (nSPS) is 14.5. The Balaban J connectivity index is 1.63. The van der Waals surface area contributed by atoms with Crippen molar-refractivity contribution in [2.24, 2.45) is 0 Å². The third kappa shape index (κ3) is 6.34. The number of carbonyl (C=O) groups is 1. The minimum Gasteiger partial charge on any atom is -0.497 e. The van der Waals surface area contributed by atoms with Crippen LogP contribution in [0.2, 0.25) is 0 Å². The highest BCUT2D eigenvalue weighted by atomic mass is 19.1. The van der Waals surface area contributed by atoms with Gasteiger partial charge in [0, 0.05) is 5.56 Å². The summed E-state index contributed by atoms with van der Waals surface area (Å²) in [4.78, 5) is 11.1. The number of halogens is 1. The van der Waals surface area contributed by atoms with Gasteiger partial charge in [0.15, 0.2) is 0 Å². The number of carboxylic acids is 1. The van der Waals surface area contributed by atoms with Crippen LogP contribution in [0.1, 0.15) is 68.1 Å². The SMILES string of the molecule is COc1ccc(F)c(-c2ccc(COc3cccc([C@H](C)CC(=O)O)c3)cc2C2=CCCCCC2)c1. The number of carboxylic acid groups (broad SMARTS) is 1. The molecule has 0 radical (unpaired) electrons. The molecule has 0 aromatic heterocycles. The van der Waals surface area contributed by atoms with E-state index in [0.29, 0.717) is 23.7 Å². The van der Waals surface area contributed by atoms with Crippen LogP contribution < -0.4 is 9.47 Å². The van der Waals surface area contributed by atoms with Crippen LogP contribution in [-0.2, 0) is 11.4 Å². The van der Waals surface area contributed by atoms with Gasteiger partial charge < -0.3 is 14.6 Å². The summed E-state index contributed by atoms with van der Waals surface area (Å²) in [7, 11) is 1.59. The second kappa shape index (κ2) is 11.9. The molecule has 0 saturated carbocycles. The molecule has 0 saturated heterocycles. The van der Waals surface area contributed by atoms with E-state index in [0.717, 1.165) is 41.5 Å². The van der Waals surface area contributed by atoms with Gasteiger partial charge in [0.05, 0.1) is 13.5 Å². The van der Waals surface area contributed by atoms with Crippen molar-refractivity contribution >= 4 is 11.5 Å². The van der Waals surface area contributed by atoms with E-state index in [2.05, 4.69) is 12.1 Å². The summed E-state index contributed by atoms with van der Waals surface area (Å²) in [5, 5.41) is 9.10. The number of ether oxygens (including phenoxy) is 2. The summed E-state index contributed by atoms with van der Waals surface area (Å²) in [5.74, 6) is 0.126. The van der Waals surface area contributed by atoms with E-state index in [-0.39, 0.29) is 18.2 Å². The number of rotatable bonds is 9. The average Bonchev–Trinajstić information content (AvgIpc) is 3.17. The summed E-state index contributed by atoms with van der Waals surface area (Å²) >= 11 is 0. The highest BCUT2D eigenvalue weighted by Crippen LogP contribution is 2.37. The minimum absolute atomic E-state index is 0.0736. The molecule has 0 bridgehead atoms. The lowest BCUT2D eigenvalue weighted by atomic mass is 9.90. The van der Waals surface area contributed by atoms with Gasteiger partial charge in [0.2, 0.25) is 0 Å². The number of benzene rings is 3. The fourth-order valence-electron chi connectivity index (χ4n) is 4.74. The Bertz CT molecular complexity index is 1250. The predicted molar refractivity (Wildman–Crippen MR) is 141 cm³/mol. The van der Waals surface area contributed by atoms with Gasteiger partial charge in [-0.15, -0.1) is 0 Å². The summed E-state index contributed by atoms with van der Waals surface area (Å²) < 4.78 is 26.4. The van der Waals surface area contributed by atoms with Gasteiger partial charge >= 0.3 is 5.97 Å². The van der Waals surface area contributed by atoms with Gasteiger partial charge in [-0.1, -0.05) is 43.7 Å². The Morgan fingerprint density at radius 1 is 0.972 bits per heavy atom. The van der Waals surface area contributed by atoms with Crippen LogP contribution in [0.25, 0.3) is 16.7 Å². The van der Waals surface area contributed by atoms with Crippen LogP contribution in [0.4, 0.5) is 4.39 Å². The molecule has 0 aliphatic heterocycles. The molecule has 0 unspecified atom stereocenters. The summed E-state index contributed by atoms with van der Waals surface area (Å²) in [6.07, 6.45) is 7.85. The molecule has 1 aliphatic rings. The molecule has 4 rings (SSSR count). The number of allylic oxidation sites excluding steroid dienone is 2. The predicted octanol–water partition coefficient (Wildman–Crippen LogP) is 8.01. The molecule has 5 heteroatoms. The van der Waals surface area contributed by atoms with E-state index in [1.54, 1.807) is 19.2 Å². The average molecular weight is 489 g/mol. The van der Waals surface area contributed by atoms with Gasteiger partial charge in [0.1, 0.15) is 23.9 Å². The lowest BCUT2D eigenvalue weighted by Crippen LogP contribution is -2.03. The zero-order chi connectivity index (χ0) is 25.5. The van der Waals surface area contributed by atoms with Crippen LogP contribution in [0.3, 0.4) is 0 Å². The molecule has 1 N–H and O–H groups in total. The van der Waals surface area contributed by atoms with Gasteiger partial charge in [-0.25, -0.2) is 4.39 Å². The van der Waals surface area contributed by atoms with Crippen molar-refractivity contribution in [1.29, 1.82) is 0 Å². The number of hydrogen-bond acceptors (Lipinski definition) is 3. The molecule has 3 aromatic rings. The molecular weight excluding hydrogens is 455 g/mol. The zero-order valence-electron chi connectivity index (χ0n) is 20.9. The van der Waals surface area contributed by atoms with Crippen molar-refractivity contribution < 1.29 is 23.8 Å². The molecule has 1 aliphatic carbocycles. The van der Waals surface area contributed by atoms with Gasteiger partial charge in [-0.2, -0.15) is 0 Å². The molecule has 0 amide bonds. The highest BCUT2D eigenvalue weighted by molar-refractivity contribution is 5.82. The van der Waals surface area contributed by atoms with Crippen molar-refractivity contribution in [2.45, 2.75) is 58.0 Å². The van der Waals surface area contributed by atoms with Crippen LogP contribution >= 0.6 is 0 Å². The lowest BCUT2D eigenvalue weighted by molar-refractivity contribution is -0.137. The lowest BCUT2D eigenvalue weighted by Gasteiger charge is -2.17. The summed E-state index contributed by atoms with van der Waals surface area (Å²) in [6, 6.07) is 18.5. The Hall–Kier alpha value is -3.60. The maximum atomic E-state index is 14.9. The summed E-state index contributed by atoms with van der Waals surface area (Å²) in [5.41, 5.74) is 5.59. The number of methoxy groups -OCH3 is 1. The van der Waals surface area contributed by atoms with E-state index in [4.69, 9.17) is 14.6 Å². The molecule has 36 heavy (non-hydrogen) atoms. The Morgan fingerprint density at radius 3 is 2.64 bits per heavy atom. The van der Waals surface area contributed by atoms with Crippen LogP contribution in [0, 0.1) is 5.82 Å². The quantitative estimate of drug-likeness (QED) is 0.331. The van der Waals surface area contributed by atoms with Crippen molar-refractivity contribution in [3.8, 4) is 22.6 Å². The number of hydrogen-bond donors (Lipinski definition) is 1. The first-order valence-electron chi connectivity index (χ1n) is 12.6. The highest BCUT2D eigenvalue weighted by Gasteiger charge is 2.17. The van der Waals surface area contributed by atoms with E-state index in [1.807, 2.05) is 43.3 Å². The van der Waals surface area contributed by atoms with Crippen molar-refractivity contribution in [1.82, 2.24) is 0 Å². The summed E-state index contributed by atoms with van der Waals surface area (Å²) in [6.45, 7) is 2.26. The fraction of sp³-hybridized carbons (Fsp3) is 0.323. The molecule has 0 spiro atoms. The maximum absolute atomic E-state index is 14.9. The minimum atomic E-state index is -0.818. The first-order valence-corrected chi connectivity index (χ1v) is 12.6. The first kappa shape index (κ1) is 25.5. The van der Waals surface area contributed by atoms with E-state index in [9.17, 15) is 9.18 Å². The molecule has 1 atom stereocenters. The Labute approximate surface area is 212 Å². The molecule has 0 fully saturated rings. The molecule has 0 heterocycles. The Kier molecular flexibility index (Phi) is 8.42. The van der Waals surface area contributed by atoms with Gasteiger partial charge in [-0.05, 0) is 95.8 Å². The van der Waals surface area contributed by atoms with Crippen molar-refractivity contribution in [3.05, 3.63) is 89.2 Å². The van der Waals surface area contributed by atoms with E-state index >= 15 is 0 Å². The number of aliphatic carboxylic acids is 1. The molecular formula is C31H33FO4. The largest absolute Gasteiger partial charge is 0.497 e. The van der Waals surface area contributed by atoms with Crippen molar-refractivity contribution in [2.75, 3.05) is 7.11 Å². The molecule has 4 nitrogen and oxygen atoms in total. The fourth-order valence-corrected chi connectivity index (χ4v) is 4.74. The van der Waals surface area contributed by atoms with E-state index < -0.39 is 5.97 Å². The molecule has 3 aromatic carbocycles. The van der Waals surface area contributed by atoms with Crippen LogP contribution in [-0.4, -0.2) is 18.2 Å². The monoisotopic (exact) mass is 488 g/mol. The smallest absolute Gasteiger partial charge is 0.303 e. The maximum Gasteiger partial charge on any atom is 0.303 e. The first-order chi connectivity index (χ1) is 17.4. The third-order valence-electron chi connectivity index (χ3n) is 6.75. The standard InChI is InChI=1S/C31H33FO4/c1-21(16-31(33)34)24-10-7-11-26(18-24)36-20-22-12-14-27(29-19-25(35-2)13-15-30(29)32)28(17-22)23-8-5-3-4-6-9-23/h7-8,10-15,17-19,21H,3-6,9,16,20H2,1-2H3,(H,33,34)/t21-/m1/s1. The van der Waals surface area contributed by atoms with Crippen molar-refractivity contribution in [3.63, 3.8) is 0 Å². The van der Waals surface area contributed by atoms with Gasteiger partial charge in [-0.3, -0.25) is 4.79 Å². The second-order valence-corrected chi connectivity index (χ2v) is 9.41. The Morgan fingerprint density at radius 2 is 1.83 bits per heavy atom.